The summed E-state index contributed by atoms with van der Waals surface area (Å²) in [6.45, 7) is 0.666. The number of para-hydroxylation sites is 1. The number of sulfonamides is 1. The first-order chi connectivity index (χ1) is 8.08. The van der Waals surface area contributed by atoms with Gasteiger partial charge in [-0.1, -0.05) is 31.0 Å². The quantitative estimate of drug-likeness (QED) is 0.723. The summed E-state index contributed by atoms with van der Waals surface area (Å²) in [7, 11) is -3.29. The number of ether oxygens (including phenoxy) is 1. The van der Waals surface area contributed by atoms with Gasteiger partial charge in [0.1, 0.15) is 5.75 Å². The Morgan fingerprint density at radius 2 is 1.65 bits per heavy atom. The zero-order chi connectivity index (χ0) is 12.6. The van der Waals surface area contributed by atoms with Crippen LogP contribution >= 0.6 is 0 Å². The van der Waals surface area contributed by atoms with Crippen molar-refractivity contribution in [3.05, 3.63) is 30.3 Å². The van der Waals surface area contributed by atoms with Crippen LogP contribution in [0, 0.1) is 0 Å². The number of nitrogens with two attached hydrogens (primary N) is 1. The Morgan fingerprint density at radius 3 is 2.29 bits per heavy atom. The molecule has 0 heterocycles. The molecule has 0 radical (unpaired) electrons. The topological polar surface area (TPSA) is 69.4 Å². The van der Waals surface area contributed by atoms with Crippen LogP contribution in [0.5, 0.6) is 5.75 Å². The van der Waals surface area contributed by atoms with Crippen LogP contribution in [0.4, 0.5) is 0 Å². The standard InChI is InChI=1S/C12H19NO3S/c13-17(14,15)11-7-2-1-6-10-16-12-8-4-3-5-9-12/h3-5,8-9H,1-2,6-7,10-11H2,(H2,13,14,15). The molecule has 0 aliphatic heterocycles. The summed E-state index contributed by atoms with van der Waals surface area (Å²) in [5.41, 5.74) is 0. The van der Waals surface area contributed by atoms with Crippen molar-refractivity contribution in [2.45, 2.75) is 25.7 Å². The van der Waals surface area contributed by atoms with Crippen LogP contribution in [-0.2, 0) is 10.0 Å². The zero-order valence-electron chi connectivity index (χ0n) is 9.84. The Labute approximate surface area is 103 Å². The Hall–Kier alpha value is -1.07. The van der Waals surface area contributed by atoms with E-state index in [1.54, 1.807) is 0 Å². The fourth-order valence-corrected chi connectivity index (χ4v) is 2.07. The second-order valence-corrected chi connectivity index (χ2v) is 5.68. The molecule has 0 fully saturated rings. The minimum atomic E-state index is -3.29. The Balaban J connectivity index is 1.99. The van der Waals surface area contributed by atoms with Gasteiger partial charge < -0.3 is 4.74 Å². The lowest BCUT2D eigenvalue weighted by atomic mass is 10.2. The van der Waals surface area contributed by atoms with Gasteiger partial charge in [-0.15, -0.1) is 0 Å². The third kappa shape index (κ3) is 7.76. The summed E-state index contributed by atoms with van der Waals surface area (Å²) < 4.78 is 26.8. The predicted molar refractivity (Wildman–Crippen MR) is 68.4 cm³/mol. The third-order valence-electron chi connectivity index (χ3n) is 2.34. The maximum Gasteiger partial charge on any atom is 0.209 e. The Bertz CT molecular complexity index is 403. The molecule has 2 N–H and O–H groups in total. The summed E-state index contributed by atoms with van der Waals surface area (Å²) in [4.78, 5) is 0. The molecule has 1 rings (SSSR count). The third-order valence-corrected chi connectivity index (χ3v) is 3.19. The normalized spacial score (nSPS) is 11.4. The van der Waals surface area contributed by atoms with Gasteiger partial charge >= 0.3 is 0 Å². The molecule has 0 saturated carbocycles. The molecule has 17 heavy (non-hydrogen) atoms. The van der Waals surface area contributed by atoms with Crippen molar-refractivity contribution in [2.24, 2.45) is 5.14 Å². The van der Waals surface area contributed by atoms with E-state index in [4.69, 9.17) is 9.88 Å². The second-order valence-electron chi connectivity index (χ2n) is 3.94. The highest BCUT2D eigenvalue weighted by Crippen LogP contribution is 2.09. The molecule has 1 aromatic carbocycles. The smallest absolute Gasteiger partial charge is 0.209 e. The Kier molecular flexibility index (Phi) is 6.00. The molecule has 5 heteroatoms. The number of benzene rings is 1. The highest BCUT2D eigenvalue weighted by atomic mass is 32.2. The van der Waals surface area contributed by atoms with Crippen LogP contribution < -0.4 is 9.88 Å². The lowest BCUT2D eigenvalue weighted by Crippen LogP contribution is -2.16. The average molecular weight is 257 g/mol. The van der Waals surface area contributed by atoms with Gasteiger partial charge in [-0.2, -0.15) is 0 Å². The summed E-state index contributed by atoms with van der Waals surface area (Å²) in [6.07, 6.45) is 3.39. The minimum absolute atomic E-state index is 0.0759. The van der Waals surface area contributed by atoms with Crippen LogP contribution in [0.3, 0.4) is 0 Å². The fraction of sp³-hybridized carbons (Fsp3) is 0.500. The summed E-state index contributed by atoms with van der Waals surface area (Å²) in [6, 6.07) is 9.64. The molecular formula is C12H19NO3S. The predicted octanol–water partition coefficient (Wildman–Crippen LogP) is 1.91. The van der Waals surface area contributed by atoms with E-state index in [1.807, 2.05) is 30.3 Å². The SMILES string of the molecule is NS(=O)(=O)CCCCCCOc1ccccc1. The van der Waals surface area contributed by atoms with Gasteiger partial charge in [0.15, 0.2) is 0 Å². The first kappa shape index (κ1) is 14.0. The Morgan fingerprint density at radius 1 is 1.00 bits per heavy atom. The number of hydrogen-bond acceptors (Lipinski definition) is 3. The van der Waals surface area contributed by atoms with Crippen molar-refractivity contribution in [3.63, 3.8) is 0 Å². The van der Waals surface area contributed by atoms with E-state index in [-0.39, 0.29) is 5.75 Å². The highest BCUT2D eigenvalue weighted by molar-refractivity contribution is 7.89. The molecule has 0 saturated heterocycles. The number of primary sulfonamides is 1. The fourth-order valence-electron chi connectivity index (χ4n) is 1.47. The molecule has 0 aromatic heterocycles. The maximum atomic E-state index is 10.7. The van der Waals surface area contributed by atoms with E-state index >= 15 is 0 Å². The lowest BCUT2D eigenvalue weighted by molar-refractivity contribution is 0.305. The summed E-state index contributed by atoms with van der Waals surface area (Å²) in [5, 5.41) is 4.90. The van der Waals surface area contributed by atoms with Gasteiger partial charge in [-0.3, -0.25) is 0 Å². The van der Waals surface area contributed by atoms with Gasteiger partial charge in [-0.05, 0) is 25.0 Å². The first-order valence-electron chi connectivity index (χ1n) is 5.76. The average Bonchev–Trinajstić information content (AvgIpc) is 2.28. The molecule has 0 amide bonds. The van der Waals surface area contributed by atoms with Crippen LogP contribution in [0.1, 0.15) is 25.7 Å². The largest absolute Gasteiger partial charge is 0.494 e. The van der Waals surface area contributed by atoms with Crippen LogP contribution in [0.2, 0.25) is 0 Å². The number of rotatable bonds is 8. The molecule has 0 aliphatic carbocycles. The van der Waals surface area contributed by atoms with Crippen molar-refractivity contribution in [1.29, 1.82) is 0 Å². The van der Waals surface area contributed by atoms with Gasteiger partial charge in [-0.25, -0.2) is 13.6 Å². The maximum absolute atomic E-state index is 10.7. The minimum Gasteiger partial charge on any atom is -0.494 e. The molecule has 1 aromatic rings. The van der Waals surface area contributed by atoms with Crippen molar-refractivity contribution in [3.8, 4) is 5.75 Å². The number of hydrogen-bond donors (Lipinski definition) is 1. The van der Waals surface area contributed by atoms with Crippen LogP contribution in [0.15, 0.2) is 30.3 Å². The number of unbranched alkanes of at least 4 members (excludes halogenated alkanes) is 3. The first-order valence-corrected chi connectivity index (χ1v) is 7.48. The van der Waals surface area contributed by atoms with Crippen molar-refractivity contribution < 1.29 is 13.2 Å². The van der Waals surface area contributed by atoms with Gasteiger partial charge in [0.05, 0.1) is 12.4 Å². The van der Waals surface area contributed by atoms with E-state index in [1.165, 1.54) is 0 Å². The van der Waals surface area contributed by atoms with Gasteiger partial charge in [0, 0.05) is 0 Å². The lowest BCUT2D eigenvalue weighted by Gasteiger charge is -2.05. The van der Waals surface area contributed by atoms with Crippen LogP contribution in [0.25, 0.3) is 0 Å². The van der Waals surface area contributed by atoms with E-state index in [0.29, 0.717) is 13.0 Å². The van der Waals surface area contributed by atoms with Crippen molar-refractivity contribution in [1.82, 2.24) is 0 Å². The zero-order valence-corrected chi connectivity index (χ0v) is 10.7. The molecule has 0 atom stereocenters. The monoisotopic (exact) mass is 257 g/mol. The summed E-state index contributed by atoms with van der Waals surface area (Å²) in [5.74, 6) is 0.948. The van der Waals surface area contributed by atoms with Gasteiger partial charge in [0.2, 0.25) is 10.0 Å². The molecule has 96 valence electrons. The van der Waals surface area contributed by atoms with Gasteiger partial charge in [0.25, 0.3) is 0 Å². The second kappa shape index (κ2) is 7.29. The molecular weight excluding hydrogens is 238 g/mol. The van der Waals surface area contributed by atoms with Crippen LogP contribution in [-0.4, -0.2) is 20.8 Å². The van der Waals surface area contributed by atoms with Crippen molar-refractivity contribution in [2.75, 3.05) is 12.4 Å². The highest BCUT2D eigenvalue weighted by Gasteiger charge is 2.01. The van der Waals surface area contributed by atoms with Crippen molar-refractivity contribution >= 4 is 10.0 Å². The van der Waals surface area contributed by atoms with E-state index in [2.05, 4.69) is 0 Å². The molecule has 0 bridgehead atoms. The summed E-state index contributed by atoms with van der Waals surface area (Å²) >= 11 is 0. The van der Waals surface area contributed by atoms with E-state index in [0.717, 1.165) is 25.0 Å². The molecule has 0 aliphatic rings. The molecule has 4 nitrogen and oxygen atoms in total. The van der Waals surface area contributed by atoms with E-state index < -0.39 is 10.0 Å². The van der Waals surface area contributed by atoms with E-state index in [9.17, 15) is 8.42 Å². The molecule has 0 spiro atoms. The molecule has 0 unspecified atom stereocenters.